The quantitative estimate of drug-likeness (QED) is 0.338. The minimum Gasteiger partial charge on any atom is -0.493 e. The molecular formula is C26H31NO4S. The average molecular weight is 454 g/mol. The predicted molar refractivity (Wildman–Crippen MR) is 129 cm³/mol. The van der Waals surface area contributed by atoms with E-state index >= 15 is 0 Å². The zero-order valence-electron chi connectivity index (χ0n) is 19.2. The number of thioether (sulfide) groups is 1. The summed E-state index contributed by atoms with van der Waals surface area (Å²) >= 11 is 1.52. The monoisotopic (exact) mass is 453 g/mol. The Morgan fingerprint density at radius 3 is 2.62 bits per heavy atom. The molecule has 0 atom stereocenters. The summed E-state index contributed by atoms with van der Waals surface area (Å²) in [4.78, 5) is 15.9. The molecule has 170 valence electrons. The van der Waals surface area contributed by atoms with Crippen molar-refractivity contribution < 1.29 is 18.7 Å². The fourth-order valence-corrected chi connectivity index (χ4v) is 4.14. The molecule has 3 rings (SSSR count). The first-order chi connectivity index (χ1) is 15.4. The van der Waals surface area contributed by atoms with E-state index < -0.39 is 0 Å². The first-order valence-corrected chi connectivity index (χ1v) is 12.0. The third-order valence-electron chi connectivity index (χ3n) is 4.96. The highest BCUT2D eigenvalue weighted by Gasteiger charge is 2.12. The van der Waals surface area contributed by atoms with Gasteiger partial charge in [0, 0.05) is 17.7 Å². The summed E-state index contributed by atoms with van der Waals surface area (Å²) in [6.45, 7) is 6.90. The highest BCUT2D eigenvalue weighted by Crippen LogP contribution is 2.24. The van der Waals surface area contributed by atoms with Crippen LogP contribution in [-0.2, 0) is 28.1 Å². The first-order valence-electron chi connectivity index (χ1n) is 10.9. The van der Waals surface area contributed by atoms with Crippen molar-refractivity contribution in [1.82, 2.24) is 4.98 Å². The van der Waals surface area contributed by atoms with Gasteiger partial charge in [0.15, 0.2) is 0 Å². The van der Waals surface area contributed by atoms with E-state index in [2.05, 4.69) is 42.8 Å². The number of esters is 1. The number of aromatic nitrogens is 1. The Balaban J connectivity index is 1.53. The topological polar surface area (TPSA) is 61.6 Å². The van der Waals surface area contributed by atoms with Crippen molar-refractivity contribution in [2.45, 2.75) is 39.4 Å². The molecule has 0 bridgehead atoms. The molecule has 1 heterocycles. The summed E-state index contributed by atoms with van der Waals surface area (Å²) in [5.74, 6) is 3.78. The maximum absolute atomic E-state index is 11.2. The molecule has 3 aromatic rings. The SMILES string of the molecule is COC(=O)CSCc1cccc(OCCc2nc(-c3ccc(CC(C)C)cc3)oc2C)c1. The molecule has 0 aliphatic heterocycles. The highest BCUT2D eigenvalue weighted by molar-refractivity contribution is 7.99. The molecule has 0 N–H and O–H groups in total. The minimum absolute atomic E-state index is 0.212. The van der Waals surface area contributed by atoms with Crippen molar-refractivity contribution >= 4 is 17.7 Å². The van der Waals surface area contributed by atoms with E-state index in [0.717, 1.165) is 40.5 Å². The summed E-state index contributed by atoms with van der Waals surface area (Å²) < 4.78 is 16.5. The lowest BCUT2D eigenvalue weighted by Gasteiger charge is -2.07. The Morgan fingerprint density at radius 1 is 1.12 bits per heavy atom. The third-order valence-corrected chi connectivity index (χ3v) is 5.94. The Hall–Kier alpha value is -2.73. The van der Waals surface area contributed by atoms with Gasteiger partial charge in [0.2, 0.25) is 5.89 Å². The maximum Gasteiger partial charge on any atom is 0.315 e. The summed E-state index contributed by atoms with van der Waals surface area (Å²) in [6.07, 6.45) is 1.74. The van der Waals surface area contributed by atoms with E-state index in [1.165, 1.54) is 24.4 Å². The van der Waals surface area contributed by atoms with Crippen molar-refractivity contribution in [2.24, 2.45) is 5.92 Å². The lowest BCUT2D eigenvalue weighted by Crippen LogP contribution is -2.04. The Kier molecular flexibility index (Phi) is 8.80. The summed E-state index contributed by atoms with van der Waals surface area (Å²) in [7, 11) is 1.40. The van der Waals surface area contributed by atoms with Gasteiger partial charge in [0.05, 0.1) is 25.2 Å². The van der Waals surface area contributed by atoms with Gasteiger partial charge in [-0.05, 0) is 54.7 Å². The van der Waals surface area contributed by atoms with Crippen molar-refractivity contribution in [3.8, 4) is 17.2 Å². The van der Waals surface area contributed by atoms with Crippen molar-refractivity contribution in [2.75, 3.05) is 19.5 Å². The molecule has 0 saturated heterocycles. The molecule has 0 amide bonds. The number of methoxy groups -OCH3 is 1. The number of rotatable bonds is 11. The molecular weight excluding hydrogens is 422 g/mol. The summed E-state index contributed by atoms with van der Waals surface area (Å²) in [6, 6.07) is 16.4. The fourth-order valence-electron chi connectivity index (χ4n) is 3.34. The number of hydrogen-bond acceptors (Lipinski definition) is 6. The van der Waals surface area contributed by atoms with Crippen LogP contribution in [0.4, 0.5) is 0 Å². The molecule has 0 saturated carbocycles. The van der Waals surface area contributed by atoms with Gasteiger partial charge < -0.3 is 13.9 Å². The number of hydrogen-bond donors (Lipinski definition) is 0. The maximum atomic E-state index is 11.2. The van der Waals surface area contributed by atoms with E-state index in [1.807, 2.05) is 31.2 Å². The number of oxazole rings is 1. The zero-order valence-corrected chi connectivity index (χ0v) is 20.0. The molecule has 32 heavy (non-hydrogen) atoms. The molecule has 0 aliphatic carbocycles. The second-order valence-electron chi connectivity index (χ2n) is 8.13. The van der Waals surface area contributed by atoms with Gasteiger partial charge in [0.25, 0.3) is 0 Å². The van der Waals surface area contributed by atoms with Gasteiger partial charge >= 0.3 is 5.97 Å². The number of carbonyl (C=O) groups is 1. The number of nitrogens with zero attached hydrogens (tertiary/aromatic N) is 1. The van der Waals surface area contributed by atoms with Gasteiger partial charge in [0.1, 0.15) is 11.5 Å². The Labute approximate surface area is 194 Å². The normalized spacial score (nSPS) is 11.0. The van der Waals surface area contributed by atoms with Crippen LogP contribution in [0.5, 0.6) is 5.75 Å². The van der Waals surface area contributed by atoms with Crippen LogP contribution >= 0.6 is 11.8 Å². The number of benzene rings is 2. The zero-order chi connectivity index (χ0) is 22.9. The van der Waals surface area contributed by atoms with Crippen LogP contribution in [0, 0.1) is 12.8 Å². The standard InChI is InChI=1S/C26H31NO4S/c1-18(2)14-20-8-10-22(11-9-20)26-27-24(19(3)31-26)12-13-30-23-7-5-6-21(15-23)16-32-17-25(28)29-4/h5-11,15,18H,12-14,16-17H2,1-4H3. The van der Waals surface area contributed by atoms with Crippen LogP contribution in [0.25, 0.3) is 11.5 Å². The third kappa shape index (κ3) is 7.16. The molecule has 0 radical (unpaired) electrons. The van der Waals surface area contributed by atoms with Gasteiger partial charge in [-0.3, -0.25) is 4.79 Å². The number of carbonyl (C=O) groups excluding carboxylic acids is 1. The lowest BCUT2D eigenvalue weighted by molar-refractivity contribution is -0.137. The van der Waals surface area contributed by atoms with E-state index in [1.54, 1.807) is 0 Å². The van der Waals surface area contributed by atoms with E-state index in [4.69, 9.17) is 14.1 Å². The second kappa shape index (κ2) is 11.8. The van der Waals surface area contributed by atoms with E-state index in [0.29, 0.717) is 30.6 Å². The number of ether oxygens (including phenoxy) is 2. The Morgan fingerprint density at radius 2 is 1.91 bits per heavy atom. The molecule has 0 aliphatic rings. The van der Waals surface area contributed by atoms with Gasteiger partial charge in [-0.2, -0.15) is 0 Å². The van der Waals surface area contributed by atoms with Crippen LogP contribution in [0.1, 0.15) is 36.4 Å². The second-order valence-corrected chi connectivity index (χ2v) is 9.12. The summed E-state index contributed by atoms with van der Waals surface area (Å²) in [5, 5.41) is 0. The van der Waals surface area contributed by atoms with Crippen LogP contribution in [-0.4, -0.2) is 30.4 Å². The van der Waals surface area contributed by atoms with Gasteiger partial charge in [-0.15, -0.1) is 11.8 Å². The van der Waals surface area contributed by atoms with Crippen molar-refractivity contribution in [1.29, 1.82) is 0 Å². The van der Waals surface area contributed by atoms with Gasteiger partial charge in [-0.25, -0.2) is 4.98 Å². The van der Waals surface area contributed by atoms with Crippen LogP contribution in [0.2, 0.25) is 0 Å². The summed E-state index contributed by atoms with van der Waals surface area (Å²) in [5.41, 5.74) is 4.34. The van der Waals surface area contributed by atoms with Crippen LogP contribution < -0.4 is 4.74 Å². The van der Waals surface area contributed by atoms with E-state index in [-0.39, 0.29) is 5.97 Å². The number of aryl methyl sites for hydroxylation is 1. The molecule has 5 nitrogen and oxygen atoms in total. The molecule has 0 unspecified atom stereocenters. The lowest BCUT2D eigenvalue weighted by atomic mass is 10.0. The average Bonchev–Trinajstić information content (AvgIpc) is 3.14. The Bertz CT molecular complexity index is 1010. The van der Waals surface area contributed by atoms with Crippen molar-refractivity contribution in [3.05, 3.63) is 71.1 Å². The molecule has 1 aromatic heterocycles. The van der Waals surface area contributed by atoms with Crippen LogP contribution in [0.15, 0.2) is 52.9 Å². The predicted octanol–water partition coefficient (Wildman–Crippen LogP) is 5.88. The molecule has 0 fully saturated rings. The smallest absolute Gasteiger partial charge is 0.315 e. The minimum atomic E-state index is -0.212. The molecule has 6 heteroatoms. The molecule has 2 aromatic carbocycles. The highest BCUT2D eigenvalue weighted by atomic mass is 32.2. The fraction of sp³-hybridized carbons (Fsp3) is 0.385. The van der Waals surface area contributed by atoms with E-state index in [9.17, 15) is 4.79 Å². The van der Waals surface area contributed by atoms with Crippen LogP contribution in [0.3, 0.4) is 0 Å². The van der Waals surface area contributed by atoms with Crippen molar-refractivity contribution in [3.63, 3.8) is 0 Å². The largest absolute Gasteiger partial charge is 0.493 e. The first kappa shape index (κ1) is 23.9. The molecule has 0 spiro atoms. The van der Waals surface area contributed by atoms with Gasteiger partial charge in [-0.1, -0.05) is 38.1 Å².